The minimum Gasteiger partial charge on any atom is -0.422 e. The Balaban J connectivity index is 1.83. The van der Waals surface area contributed by atoms with Gasteiger partial charge in [0, 0.05) is 11.3 Å². The molecule has 104 valence electrons. The molecule has 1 aromatic heterocycles. The van der Waals surface area contributed by atoms with Gasteiger partial charge < -0.3 is 9.94 Å². The van der Waals surface area contributed by atoms with Gasteiger partial charge in [-0.1, -0.05) is 29.4 Å². The number of aryl methyl sites for hydroxylation is 1. The Hall–Kier alpha value is -2.14. The summed E-state index contributed by atoms with van der Waals surface area (Å²) in [5.74, 6) is -0.165. The highest BCUT2D eigenvalue weighted by Crippen LogP contribution is 2.13. The minimum atomic E-state index is -0.607. The lowest BCUT2D eigenvalue weighted by molar-refractivity contribution is -0.127. The summed E-state index contributed by atoms with van der Waals surface area (Å²) < 4.78 is 5.13. The van der Waals surface area contributed by atoms with Gasteiger partial charge in [-0.2, -0.15) is 0 Å². The zero-order valence-corrected chi connectivity index (χ0v) is 11.7. The Bertz CT molecular complexity index is 564. The Morgan fingerprint density at radius 1 is 1.20 bits per heavy atom. The molecule has 0 fully saturated rings. The van der Waals surface area contributed by atoms with E-state index >= 15 is 0 Å². The van der Waals surface area contributed by atoms with Crippen molar-refractivity contribution in [1.29, 1.82) is 0 Å². The van der Waals surface area contributed by atoms with Crippen molar-refractivity contribution in [2.75, 3.05) is 0 Å². The molecular weight excluding hydrogens is 274 g/mol. The molecule has 0 saturated heterocycles. The minimum absolute atomic E-state index is 0.0467. The first-order valence-electron chi connectivity index (χ1n) is 6.30. The Morgan fingerprint density at radius 3 is 2.65 bits per heavy atom. The summed E-state index contributed by atoms with van der Waals surface area (Å²) in [6.07, 6.45) is 1.99. The van der Waals surface area contributed by atoms with Crippen LogP contribution in [0.4, 0.5) is 0 Å². The van der Waals surface area contributed by atoms with E-state index in [0.29, 0.717) is 12.2 Å². The predicted octanol–water partition coefficient (Wildman–Crippen LogP) is 3.51. The molecule has 20 heavy (non-hydrogen) atoms. The van der Waals surface area contributed by atoms with Crippen LogP contribution in [0.1, 0.15) is 17.7 Å². The quantitative estimate of drug-likeness (QED) is 0.291. The van der Waals surface area contributed by atoms with Crippen molar-refractivity contribution in [3.63, 3.8) is 0 Å². The fourth-order valence-electron chi connectivity index (χ4n) is 1.73. The fraction of sp³-hybridized carbons (Fsp3) is 0.200. The summed E-state index contributed by atoms with van der Waals surface area (Å²) in [6, 6.07) is 12.8. The molecule has 4 nitrogen and oxygen atoms in total. The van der Waals surface area contributed by atoms with Gasteiger partial charge in [0.25, 0.3) is 0 Å². The van der Waals surface area contributed by atoms with E-state index in [1.807, 2.05) is 23.6 Å². The van der Waals surface area contributed by atoms with Crippen molar-refractivity contribution in [3.8, 4) is 5.75 Å². The molecule has 0 aliphatic carbocycles. The Morgan fingerprint density at radius 2 is 2.00 bits per heavy atom. The number of benzene rings is 1. The molecule has 0 aliphatic rings. The van der Waals surface area contributed by atoms with Crippen LogP contribution in [0.5, 0.6) is 5.75 Å². The van der Waals surface area contributed by atoms with E-state index in [1.54, 1.807) is 35.6 Å². The van der Waals surface area contributed by atoms with Gasteiger partial charge in [0.15, 0.2) is 5.71 Å². The molecule has 0 atom stereocenters. The summed E-state index contributed by atoms with van der Waals surface area (Å²) in [5, 5.41) is 14.0. The first-order chi connectivity index (χ1) is 9.79. The summed E-state index contributed by atoms with van der Waals surface area (Å²) >= 11 is 1.67. The second kappa shape index (κ2) is 7.45. The number of rotatable bonds is 6. The molecule has 2 rings (SSSR count). The van der Waals surface area contributed by atoms with E-state index in [-0.39, 0.29) is 5.71 Å². The van der Waals surface area contributed by atoms with Crippen LogP contribution in [-0.2, 0) is 11.2 Å². The van der Waals surface area contributed by atoms with Gasteiger partial charge in [-0.05, 0) is 36.4 Å². The molecule has 0 radical (unpaired) electrons. The summed E-state index contributed by atoms with van der Waals surface area (Å²) in [5.41, 5.74) is 0.0467. The van der Waals surface area contributed by atoms with E-state index in [9.17, 15) is 4.79 Å². The van der Waals surface area contributed by atoms with Crippen LogP contribution in [0.25, 0.3) is 0 Å². The maximum atomic E-state index is 11.8. The van der Waals surface area contributed by atoms with Crippen LogP contribution in [0, 0.1) is 0 Å². The largest absolute Gasteiger partial charge is 0.422 e. The highest BCUT2D eigenvalue weighted by molar-refractivity contribution is 7.09. The summed E-state index contributed by atoms with van der Waals surface area (Å²) in [7, 11) is 0. The molecule has 0 aliphatic heterocycles. The Labute approximate surface area is 121 Å². The topological polar surface area (TPSA) is 58.9 Å². The van der Waals surface area contributed by atoms with Crippen LogP contribution >= 0.6 is 11.3 Å². The lowest BCUT2D eigenvalue weighted by atomic mass is 10.1. The standard InChI is InChI=1S/C15H15NO3S/c17-15(19-12-6-2-1-3-7-12)14(16-18)10-4-8-13-9-5-11-20-13/h1-3,5-7,9,11,18H,4,8,10H2/b16-14+. The van der Waals surface area contributed by atoms with E-state index in [2.05, 4.69) is 5.16 Å². The lowest BCUT2D eigenvalue weighted by Crippen LogP contribution is -2.20. The van der Waals surface area contributed by atoms with Gasteiger partial charge >= 0.3 is 5.97 Å². The average Bonchev–Trinajstić information content (AvgIpc) is 2.98. The van der Waals surface area contributed by atoms with Gasteiger partial charge in [-0.25, -0.2) is 4.79 Å². The number of ether oxygens (including phenoxy) is 1. The second-order valence-electron chi connectivity index (χ2n) is 4.18. The number of hydrogen-bond acceptors (Lipinski definition) is 5. The fourth-order valence-corrected chi connectivity index (χ4v) is 2.48. The first kappa shape index (κ1) is 14.3. The molecule has 1 aromatic carbocycles. The normalized spacial score (nSPS) is 11.3. The number of esters is 1. The molecule has 0 spiro atoms. The van der Waals surface area contributed by atoms with Gasteiger partial charge in [-0.3, -0.25) is 0 Å². The maximum absolute atomic E-state index is 11.8. The third-order valence-electron chi connectivity index (χ3n) is 2.73. The summed E-state index contributed by atoms with van der Waals surface area (Å²) in [6.45, 7) is 0. The van der Waals surface area contributed by atoms with Gasteiger partial charge in [0.2, 0.25) is 0 Å². The first-order valence-corrected chi connectivity index (χ1v) is 7.18. The molecule has 2 aromatic rings. The van der Waals surface area contributed by atoms with Crippen molar-refractivity contribution >= 4 is 23.0 Å². The number of nitrogens with zero attached hydrogens (tertiary/aromatic N) is 1. The number of para-hydroxylation sites is 1. The third kappa shape index (κ3) is 4.20. The molecule has 0 bridgehead atoms. The van der Waals surface area contributed by atoms with Crippen molar-refractivity contribution < 1.29 is 14.7 Å². The molecule has 0 unspecified atom stereocenters. The second-order valence-corrected chi connectivity index (χ2v) is 5.21. The van der Waals surface area contributed by atoms with Gasteiger partial charge in [0.05, 0.1) is 0 Å². The third-order valence-corrected chi connectivity index (χ3v) is 3.66. The SMILES string of the molecule is O=C(Oc1ccccc1)/C(CCCc1cccs1)=N/O. The maximum Gasteiger partial charge on any atom is 0.361 e. The molecule has 1 heterocycles. The molecule has 5 heteroatoms. The van der Waals surface area contributed by atoms with Gasteiger partial charge in [0.1, 0.15) is 5.75 Å². The van der Waals surface area contributed by atoms with Crippen LogP contribution in [0.3, 0.4) is 0 Å². The van der Waals surface area contributed by atoms with Crippen molar-refractivity contribution in [2.45, 2.75) is 19.3 Å². The van der Waals surface area contributed by atoms with E-state index < -0.39 is 5.97 Å². The lowest BCUT2D eigenvalue weighted by Gasteiger charge is -2.05. The van der Waals surface area contributed by atoms with Crippen LogP contribution in [0.15, 0.2) is 53.0 Å². The number of carbonyl (C=O) groups excluding carboxylic acids is 1. The predicted molar refractivity (Wildman–Crippen MR) is 78.6 cm³/mol. The van der Waals surface area contributed by atoms with E-state index in [1.165, 1.54) is 4.88 Å². The highest BCUT2D eigenvalue weighted by atomic mass is 32.1. The van der Waals surface area contributed by atoms with Crippen LogP contribution in [-0.4, -0.2) is 16.9 Å². The molecule has 0 saturated carbocycles. The molecule has 1 N–H and O–H groups in total. The number of hydrogen-bond donors (Lipinski definition) is 1. The molecular formula is C15H15NO3S. The van der Waals surface area contributed by atoms with E-state index in [4.69, 9.17) is 9.94 Å². The van der Waals surface area contributed by atoms with Crippen LogP contribution in [0.2, 0.25) is 0 Å². The number of carbonyl (C=O) groups is 1. The zero-order chi connectivity index (χ0) is 14.2. The number of oxime groups is 1. The molecule has 0 amide bonds. The average molecular weight is 289 g/mol. The van der Waals surface area contributed by atoms with Crippen LogP contribution < -0.4 is 4.74 Å². The van der Waals surface area contributed by atoms with Crippen molar-refractivity contribution in [3.05, 3.63) is 52.7 Å². The zero-order valence-electron chi connectivity index (χ0n) is 10.9. The summed E-state index contributed by atoms with van der Waals surface area (Å²) in [4.78, 5) is 13.1. The van der Waals surface area contributed by atoms with Crippen molar-refractivity contribution in [2.24, 2.45) is 5.16 Å². The Kier molecular flexibility index (Phi) is 5.32. The van der Waals surface area contributed by atoms with Crippen molar-refractivity contribution in [1.82, 2.24) is 0 Å². The van der Waals surface area contributed by atoms with E-state index in [0.717, 1.165) is 12.8 Å². The monoisotopic (exact) mass is 289 g/mol. The highest BCUT2D eigenvalue weighted by Gasteiger charge is 2.14. The number of thiophene rings is 1. The van der Waals surface area contributed by atoms with Gasteiger partial charge in [-0.15, -0.1) is 11.3 Å². The smallest absolute Gasteiger partial charge is 0.361 e.